The molecule has 2 nitrogen and oxygen atoms in total. The van der Waals surface area contributed by atoms with Crippen LogP contribution in [0.4, 0.5) is 0 Å². The van der Waals surface area contributed by atoms with Crippen molar-refractivity contribution in [2.24, 2.45) is 0 Å². The summed E-state index contributed by atoms with van der Waals surface area (Å²) in [5, 5.41) is 2.70. The molecule has 1 N–H and O–H groups in total. The molecule has 14 heavy (non-hydrogen) atoms. The lowest BCUT2D eigenvalue weighted by Crippen LogP contribution is -2.25. The molecule has 0 rings (SSSR count). The van der Waals surface area contributed by atoms with Gasteiger partial charge in [-0.05, 0) is 13.8 Å². The van der Waals surface area contributed by atoms with E-state index in [4.69, 9.17) is 0 Å². The van der Waals surface area contributed by atoms with Gasteiger partial charge in [0.15, 0.2) is 0 Å². The van der Waals surface area contributed by atoms with E-state index in [2.05, 4.69) is 18.5 Å². The third-order valence-corrected chi connectivity index (χ3v) is 1.44. The van der Waals surface area contributed by atoms with Gasteiger partial charge in [0.2, 0.25) is 0 Å². The second kappa shape index (κ2) is 6.89. The third-order valence-electron chi connectivity index (χ3n) is 1.44. The van der Waals surface area contributed by atoms with E-state index in [1.54, 1.807) is 12.2 Å². The zero-order valence-electron chi connectivity index (χ0n) is 8.84. The Kier molecular flexibility index (Phi) is 6.12. The number of hydrogen-bond acceptors (Lipinski definition) is 1. The van der Waals surface area contributed by atoms with Crippen LogP contribution in [0.5, 0.6) is 0 Å². The zero-order valence-corrected chi connectivity index (χ0v) is 8.84. The second-order valence-corrected chi connectivity index (χ2v) is 3.05. The van der Waals surface area contributed by atoms with Crippen LogP contribution in [0.1, 0.15) is 13.8 Å². The number of amides is 1. The average Bonchev–Trinajstić information content (AvgIpc) is 2.14. The maximum absolute atomic E-state index is 11.3. The van der Waals surface area contributed by atoms with Crippen LogP contribution in [0.2, 0.25) is 0 Å². The molecule has 0 aliphatic heterocycles. The fourth-order valence-corrected chi connectivity index (χ4v) is 0.703. The van der Waals surface area contributed by atoms with Crippen molar-refractivity contribution in [1.82, 2.24) is 5.32 Å². The molecule has 0 bridgehead atoms. The monoisotopic (exact) mass is 191 g/mol. The Labute approximate surface area is 85.7 Å². The topological polar surface area (TPSA) is 29.1 Å². The summed E-state index contributed by atoms with van der Waals surface area (Å²) in [4.78, 5) is 11.3. The lowest BCUT2D eigenvalue weighted by atomic mass is 10.2. The molecule has 0 saturated carbocycles. The van der Waals surface area contributed by atoms with Crippen LogP contribution in [-0.2, 0) is 4.79 Å². The van der Waals surface area contributed by atoms with Gasteiger partial charge in [-0.2, -0.15) is 0 Å². The van der Waals surface area contributed by atoms with Gasteiger partial charge in [-0.15, -0.1) is 0 Å². The first-order valence-corrected chi connectivity index (χ1v) is 4.48. The summed E-state index contributed by atoms with van der Waals surface area (Å²) in [6.45, 7) is 11.6. The van der Waals surface area contributed by atoms with Crippen molar-refractivity contribution in [2.75, 3.05) is 6.54 Å². The van der Waals surface area contributed by atoms with Gasteiger partial charge in [0, 0.05) is 12.1 Å². The van der Waals surface area contributed by atoms with Crippen molar-refractivity contribution in [2.45, 2.75) is 13.8 Å². The molecule has 0 fully saturated rings. The van der Waals surface area contributed by atoms with Crippen LogP contribution in [0.3, 0.4) is 0 Å². The second-order valence-electron chi connectivity index (χ2n) is 3.05. The van der Waals surface area contributed by atoms with E-state index in [9.17, 15) is 4.79 Å². The molecule has 0 spiro atoms. The Morgan fingerprint density at radius 2 is 2.00 bits per heavy atom. The minimum atomic E-state index is -0.159. The molecular formula is C12H17NO. The summed E-state index contributed by atoms with van der Waals surface area (Å²) >= 11 is 0. The molecular weight excluding hydrogens is 174 g/mol. The molecule has 0 unspecified atom stereocenters. The molecule has 76 valence electrons. The van der Waals surface area contributed by atoms with Gasteiger partial charge < -0.3 is 5.32 Å². The van der Waals surface area contributed by atoms with Crippen molar-refractivity contribution >= 4 is 5.91 Å². The first kappa shape index (κ1) is 12.4. The molecule has 0 aliphatic carbocycles. The van der Waals surface area contributed by atoms with Crippen molar-refractivity contribution in [3.63, 3.8) is 0 Å². The maximum Gasteiger partial charge on any atom is 0.250 e. The zero-order chi connectivity index (χ0) is 11.0. The van der Waals surface area contributed by atoms with E-state index in [-0.39, 0.29) is 5.91 Å². The predicted molar refractivity (Wildman–Crippen MR) is 60.9 cm³/mol. The van der Waals surface area contributed by atoms with Crippen molar-refractivity contribution in [3.05, 3.63) is 48.6 Å². The lowest BCUT2D eigenvalue weighted by molar-refractivity contribution is -0.117. The van der Waals surface area contributed by atoms with Gasteiger partial charge >= 0.3 is 0 Å². The number of carbonyl (C=O) groups is 1. The molecule has 0 aromatic rings. The van der Waals surface area contributed by atoms with E-state index in [0.29, 0.717) is 12.1 Å². The highest BCUT2D eigenvalue weighted by atomic mass is 16.1. The third kappa shape index (κ3) is 6.00. The van der Waals surface area contributed by atoms with Crippen LogP contribution in [0.15, 0.2) is 48.6 Å². The van der Waals surface area contributed by atoms with Crippen LogP contribution >= 0.6 is 0 Å². The molecule has 1 amide bonds. The maximum atomic E-state index is 11.3. The van der Waals surface area contributed by atoms with Gasteiger partial charge in [0.25, 0.3) is 5.91 Å². The Bertz CT molecular complexity index is 285. The van der Waals surface area contributed by atoms with Gasteiger partial charge in [-0.3, -0.25) is 4.79 Å². The summed E-state index contributed by atoms with van der Waals surface area (Å²) in [5.41, 5.74) is 1.37. The highest BCUT2D eigenvalue weighted by Crippen LogP contribution is 1.94. The molecule has 2 heteroatoms. The number of carbonyl (C=O) groups excluding carboxylic acids is 1. The van der Waals surface area contributed by atoms with Crippen LogP contribution in [-0.4, -0.2) is 12.5 Å². The van der Waals surface area contributed by atoms with Gasteiger partial charge in [-0.25, -0.2) is 0 Å². The summed E-state index contributed by atoms with van der Waals surface area (Å²) in [6.07, 6.45) is 7.18. The average molecular weight is 191 g/mol. The Morgan fingerprint density at radius 3 is 2.50 bits per heavy atom. The van der Waals surface area contributed by atoms with Gasteiger partial charge in [0.1, 0.15) is 0 Å². The Balaban J connectivity index is 4.00. The lowest BCUT2D eigenvalue weighted by Gasteiger charge is -2.03. The SMILES string of the molecule is C=C(C)CNC(=O)C(=C)/C=C\C=C/C. The van der Waals surface area contributed by atoms with E-state index in [1.165, 1.54) is 0 Å². The molecule has 0 aliphatic rings. The minimum Gasteiger partial charge on any atom is -0.348 e. The normalized spacial score (nSPS) is 10.7. The largest absolute Gasteiger partial charge is 0.348 e. The van der Waals surface area contributed by atoms with Crippen LogP contribution in [0.25, 0.3) is 0 Å². The number of rotatable bonds is 5. The van der Waals surface area contributed by atoms with E-state index >= 15 is 0 Å². The molecule has 0 saturated heterocycles. The van der Waals surface area contributed by atoms with E-state index < -0.39 is 0 Å². The molecule has 0 aromatic heterocycles. The quantitative estimate of drug-likeness (QED) is 0.403. The smallest absolute Gasteiger partial charge is 0.250 e. The van der Waals surface area contributed by atoms with Crippen LogP contribution < -0.4 is 5.32 Å². The summed E-state index contributed by atoms with van der Waals surface area (Å²) in [6, 6.07) is 0. The van der Waals surface area contributed by atoms with Crippen LogP contribution in [0, 0.1) is 0 Å². The van der Waals surface area contributed by atoms with Gasteiger partial charge in [-0.1, -0.05) is 43.0 Å². The molecule has 0 heterocycles. The molecule has 0 aromatic carbocycles. The number of allylic oxidation sites excluding steroid dienone is 3. The van der Waals surface area contributed by atoms with Crippen molar-refractivity contribution < 1.29 is 4.79 Å². The van der Waals surface area contributed by atoms with Gasteiger partial charge in [0.05, 0.1) is 0 Å². The highest BCUT2D eigenvalue weighted by Gasteiger charge is 2.01. The number of nitrogens with one attached hydrogen (secondary N) is 1. The Hall–Kier alpha value is -1.57. The first-order valence-electron chi connectivity index (χ1n) is 4.48. The fourth-order valence-electron chi connectivity index (χ4n) is 0.703. The summed E-state index contributed by atoms with van der Waals surface area (Å²) in [7, 11) is 0. The molecule has 0 atom stereocenters. The first-order chi connectivity index (χ1) is 6.57. The summed E-state index contributed by atoms with van der Waals surface area (Å²) < 4.78 is 0. The predicted octanol–water partition coefficient (Wildman–Crippen LogP) is 2.37. The Morgan fingerprint density at radius 1 is 1.36 bits per heavy atom. The minimum absolute atomic E-state index is 0.159. The fraction of sp³-hybridized carbons (Fsp3) is 0.250. The summed E-state index contributed by atoms with van der Waals surface area (Å²) in [5.74, 6) is -0.159. The highest BCUT2D eigenvalue weighted by molar-refractivity contribution is 5.95. The van der Waals surface area contributed by atoms with Crippen molar-refractivity contribution in [3.8, 4) is 0 Å². The number of hydrogen-bond donors (Lipinski definition) is 1. The molecule has 0 radical (unpaired) electrons. The van der Waals surface area contributed by atoms with Crippen molar-refractivity contribution in [1.29, 1.82) is 0 Å². The van der Waals surface area contributed by atoms with E-state index in [1.807, 2.05) is 26.0 Å². The van der Waals surface area contributed by atoms with E-state index in [0.717, 1.165) is 5.57 Å². The standard InChI is InChI=1S/C12H17NO/c1-5-6-7-8-11(4)12(14)13-9-10(2)3/h5-8H,2,4,9H2,1,3H3,(H,13,14)/b6-5-,8-7-.